The summed E-state index contributed by atoms with van der Waals surface area (Å²) in [6, 6.07) is 0. The van der Waals surface area contributed by atoms with Gasteiger partial charge in [-0.15, -0.1) is 0 Å². The fraction of sp³-hybridized carbons (Fsp3) is 0.375. The van der Waals surface area contributed by atoms with E-state index in [4.69, 9.17) is 12.3 Å². The minimum atomic E-state index is 0.243. The van der Waals surface area contributed by atoms with Gasteiger partial charge < -0.3 is 5.73 Å². The van der Waals surface area contributed by atoms with E-state index >= 15 is 0 Å². The van der Waals surface area contributed by atoms with Gasteiger partial charge in [0.1, 0.15) is 11.6 Å². The van der Waals surface area contributed by atoms with E-state index in [0.29, 0.717) is 11.5 Å². The van der Waals surface area contributed by atoms with Crippen molar-refractivity contribution in [3.05, 3.63) is 23.4 Å². The molecule has 1 aromatic heterocycles. The molecule has 62 valence electrons. The second kappa shape index (κ2) is 3.18. The predicted molar refractivity (Wildman–Crippen MR) is 46.8 cm³/mol. The lowest BCUT2D eigenvalue weighted by Crippen LogP contribution is -2.00. The second-order valence-corrected chi connectivity index (χ2v) is 2.77. The summed E-state index contributed by atoms with van der Waals surface area (Å²) in [5, 5.41) is 0. The Morgan fingerprint density at radius 2 is 2.25 bits per heavy atom. The Hall–Kier alpha value is -1.63. The molecule has 0 saturated heterocycles. The summed E-state index contributed by atoms with van der Waals surface area (Å²) in [7, 11) is 0. The molecule has 1 rings (SSSR count). The summed E-state index contributed by atoms with van der Waals surface area (Å²) in [5.41, 5.74) is 5.82. The number of hydrogen-bond donors (Lipinski definition) is 1. The van der Waals surface area contributed by atoms with Crippen molar-refractivity contribution in [2.75, 3.05) is 5.73 Å². The first-order valence-corrected chi connectivity index (χ1v) is 3.65. The molecule has 2 N–H and O–H groups in total. The molecule has 4 nitrogen and oxygen atoms in total. The van der Waals surface area contributed by atoms with Gasteiger partial charge in [-0.25, -0.2) is 9.83 Å². The van der Waals surface area contributed by atoms with E-state index in [9.17, 15) is 0 Å². The zero-order valence-corrected chi connectivity index (χ0v) is 7.07. The van der Waals surface area contributed by atoms with Gasteiger partial charge in [-0.05, 0) is 0 Å². The third-order valence-corrected chi connectivity index (χ3v) is 1.45. The normalized spacial score (nSPS) is 9.83. The Morgan fingerprint density at radius 3 is 2.67 bits per heavy atom. The zero-order chi connectivity index (χ0) is 9.14. The minimum Gasteiger partial charge on any atom is -0.392 e. The smallest absolute Gasteiger partial charge is 0.245 e. The van der Waals surface area contributed by atoms with Gasteiger partial charge in [0.05, 0.1) is 6.57 Å². The third kappa shape index (κ3) is 1.51. The van der Waals surface area contributed by atoms with E-state index < -0.39 is 0 Å². The molecule has 0 aliphatic heterocycles. The molecule has 0 radical (unpaired) electrons. The number of nitrogens with two attached hydrogens (primary N) is 1. The monoisotopic (exact) mass is 162 g/mol. The first kappa shape index (κ1) is 8.47. The van der Waals surface area contributed by atoms with Gasteiger partial charge in [-0.3, -0.25) is 4.98 Å². The zero-order valence-electron chi connectivity index (χ0n) is 7.07. The molecule has 0 aliphatic rings. The Kier molecular flexibility index (Phi) is 2.24. The maximum Gasteiger partial charge on any atom is 0.245 e. The van der Waals surface area contributed by atoms with Crippen molar-refractivity contribution in [2.24, 2.45) is 0 Å². The summed E-state index contributed by atoms with van der Waals surface area (Å²) >= 11 is 0. The molecule has 12 heavy (non-hydrogen) atoms. The molecule has 0 spiro atoms. The largest absolute Gasteiger partial charge is 0.392 e. The van der Waals surface area contributed by atoms with E-state index in [1.165, 1.54) is 6.20 Å². The second-order valence-electron chi connectivity index (χ2n) is 2.77. The highest BCUT2D eigenvalue weighted by molar-refractivity contribution is 5.60. The Bertz CT molecular complexity index is 324. The quantitative estimate of drug-likeness (QED) is 0.640. The van der Waals surface area contributed by atoms with Crippen molar-refractivity contribution >= 4 is 11.5 Å². The fourth-order valence-electron chi connectivity index (χ4n) is 0.767. The average Bonchev–Trinajstić information content (AvgIpc) is 2.04. The van der Waals surface area contributed by atoms with Crippen molar-refractivity contribution in [1.82, 2.24) is 9.97 Å². The van der Waals surface area contributed by atoms with E-state index in [-0.39, 0.29) is 11.7 Å². The van der Waals surface area contributed by atoms with Crippen LogP contribution in [0.2, 0.25) is 0 Å². The predicted octanol–water partition coefficient (Wildman–Crippen LogP) is 1.73. The Balaban J connectivity index is 3.12. The van der Waals surface area contributed by atoms with Crippen molar-refractivity contribution in [1.29, 1.82) is 0 Å². The molecular formula is C8H10N4. The van der Waals surface area contributed by atoms with Crippen LogP contribution in [-0.4, -0.2) is 9.97 Å². The van der Waals surface area contributed by atoms with E-state index in [0.717, 1.165) is 0 Å². The molecule has 0 amide bonds. The number of rotatable bonds is 1. The molecule has 4 heteroatoms. The molecule has 0 saturated carbocycles. The summed E-state index contributed by atoms with van der Waals surface area (Å²) in [4.78, 5) is 11.2. The number of nitrogen functional groups attached to an aromatic ring is 1. The van der Waals surface area contributed by atoms with E-state index in [1.54, 1.807) is 0 Å². The Labute approximate surface area is 71.3 Å². The minimum absolute atomic E-state index is 0.243. The number of aromatic nitrogens is 2. The molecule has 0 aliphatic carbocycles. The van der Waals surface area contributed by atoms with Crippen LogP contribution in [0.25, 0.3) is 4.85 Å². The number of hydrogen-bond acceptors (Lipinski definition) is 3. The molecule has 0 fully saturated rings. The van der Waals surface area contributed by atoms with Gasteiger partial charge in [0.15, 0.2) is 0 Å². The van der Waals surface area contributed by atoms with E-state index in [1.807, 2.05) is 13.8 Å². The summed E-state index contributed by atoms with van der Waals surface area (Å²) in [5.74, 6) is 1.19. The highest BCUT2D eigenvalue weighted by atomic mass is 15.0. The van der Waals surface area contributed by atoms with Gasteiger partial charge >= 0.3 is 0 Å². The molecule has 0 atom stereocenters. The Morgan fingerprint density at radius 1 is 1.58 bits per heavy atom. The fourth-order valence-corrected chi connectivity index (χ4v) is 0.767. The van der Waals surface area contributed by atoms with Crippen LogP contribution >= 0.6 is 0 Å². The van der Waals surface area contributed by atoms with Crippen LogP contribution in [0.1, 0.15) is 25.6 Å². The van der Waals surface area contributed by atoms with Crippen molar-refractivity contribution < 1.29 is 0 Å². The number of nitrogens with zero attached hydrogens (tertiary/aromatic N) is 3. The van der Waals surface area contributed by atoms with Gasteiger partial charge in [0.25, 0.3) is 0 Å². The third-order valence-electron chi connectivity index (χ3n) is 1.45. The van der Waals surface area contributed by atoms with Gasteiger partial charge in [-0.1, -0.05) is 13.8 Å². The standard InChI is InChI=1S/C8H10N4/c1-5(2)8-11-4-6(10-3)7(9)12-8/h4-5H,1-2H3,(H2,9,11,12). The average molecular weight is 162 g/mol. The SMILES string of the molecule is [C-]#[N+]c1cnc(C(C)C)nc1N. The highest BCUT2D eigenvalue weighted by Crippen LogP contribution is 2.19. The van der Waals surface area contributed by atoms with Crippen LogP contribution in [0.4, 0.5) is 11.5 Å². The topological polar surface area (TPSA) is 56.2 Å². The molecule has 0 unspecified atom stereocenters. The summed E-state index contributed by atoms with van der Waals surface area (Å²) in [6.45, 7) is 10.7. The van der Waals surface area contributed by atoms with Gasteiger partial charge in [-0.2, -0.15) is 0 Å². The molecule has 1 aromatic rings. The van der Waals surface area contributed by atoms with Crippen LogP contribution in [0.15, 0.2) is 6.20 Å². The van der Waals surface area contributed by atoms with Crippen molar-refractivity contribution in [2.45, 2.75) is 19.8 Å². The maximum atomic E-state index is 6.73. The first-order chi connectivity index (χ1) is 5.65. The van der Waals surface area contributed by atoms with Gasteiger partial charge in [0.2, 0.25) is 5.69 Å². The van der Waals surface area contributed by atoms with Gasteiger partial charge in [0, 0.05) is 12.1 Å². The van der Waals surface area contributed by atoms with Crippen molar-refractivity contribution in [3.63, 3.8) is 0 Å². The first-order valence-electron chi connectivity index (χ1n) is 3.65. The summed E-state index contributed by atoms with van der Waals surface area (Å²) in [6.07, 6.45) is 1.46. The molecule has 0 aromatic carbocycles. The van der Waals surface area contributed by atoms with Crippen LogP contribution in [0.3, 0.4) is 0 Å². The summed E-state index contributed by atoms with van der Waals surface area (Å²) < 4.78 is 0. The van der Waals surface area contributed by atoms with E-state index in [2.05, 4.69) is 14.8 Å². The maximum absolute atomic E-state index is 6.73. The highest BCUT2D eigenvalue weighted by Gasteiger charge is 2.05. The number of anilines is 1. The molecular weight excluding hydrogens is 152 g/mol. The van der Waals surface area contributed by atoms with Crippen LogP contribution in [-0.2, 0) is 0 Å². The van der Waals surface area contributed by atoms with Crippen LogP contribution in [0.5, 0.6) is 0 Å². The van der Waals surface area contributed by atoms with Crippen LogP contribution < -0.4 is 5.73 Å². The molecule has 0 bridgehead atoms. The van der Waals surface area contributed by atoms with Crippen LogP contribution in [0, 0.1) is 6.57 Å². The lowest BCUT2D eigenvalue weighted by Gasteiger charge is -2.03. The molecule has 1 heterocycles. The lowest BCUT2D eigenvalue weighted by atomic mass is 10.2. The van der Waals surface area contributed by atoms with Crippen molar-refractivity contribution in [3.8, 4) is 0 Å². The lowest BCUT2D eigenvalue weighted by molar-refractivity contribution is 0.778.